The molecule has 0 bridgehead atoms. The second-order valence-electron chi connectivity index (χ2n) is 6.12. The molecule has 2 rings (SSSR count). The molecule has 1 N–H and O–H groups in total. The topological polar surface area (TPSA) is 93.1 Å². The van der Waals surface area contributed by atoms with Crippen LogP contribution in [0.1, 0.15) is 18.4 Å². The molecule has 1 saturated heterocycles. The van der Waals surface area contributed by atoms with Gasteiger partial charge in [-0.15, -0.1) is 0 Å². The van der Waals surface area contributed by atoms with Gasteiger partial charge in [-0.1, -0.05) is 17.7 Å². The number of methoxy groups -OCH3 is 1. The van der Waals surface area contributed by atoms with Crippen molar-refractivity contribution >= 4 is 15.9 Å². The van der Waals surface area contributed by atoms with E-state index in [0.29, 0.717) is 19.4 Å². The summed E-state index contributed by atoms with van der Waals surface area (Å²) in [5.41, 5.74) is 0.944. The van der Waals surface area contributed by atoms with Gasteiger partial charge in [0.2, 0.25) is 5.91 Å². The van der Waals surface area contributed by atoms with Gasteiger partial charge in [-0.05, 0) is 31.9 Å². The van der Waals surface area contributed by atoms with E-state index < -0.39 is 27.9 Å². The van der Waals surface area contributed by atoms with Crippen molar-refractivity contribution in [3.8, 4) is 0 Å². The van der Waals surface area contributed by atoms with E-state index in [9.17, 15) is 13.2 Å². The first-order valence-electron chi connectivity index (χ1n) is 8.24. The highest BCUT2D eigenvalue weighted by molar-refractivity contribution is 7.89. The van der Waals surface area contributed by atoms with E-state index in [4.69, 9.17) is 14.6 Å². The average molecular weight is 371 g/mol. The van der Waals surface area contributed by atoms with Crippen molar-refractivity contribution in [1.82, 2.24) is 4.31 Å². The van der Waals surface area contributed by atoms with Crippen molar-refractivity contribution in [3.05, 3.63) is 29.8 Å². The fraction of sp³-hybridized carbons (Fsp3) is 0.588. The number of carbonyl (C=O) groups excluding carboxylic acids is 1. The Morgan fingerprint density at radius 1 is 1.24 bits per heavy atom. The normalized spacial score (nSPS) is 21.1. The second-order valence-corrected chi connectivity index (χ2v) is 7.93. The number of ether oxygens (including phenoxy) is 2. The predicted octanol–water partition coefficient (Wildman–Crippen LogP) is 0.946. The van der Waals surface area contributed by atoms with Crippen LogP contribution in [0.3, 0.4) is 0 Å². The first-order chi connectivity index (χ1) is 11.9. The quantitative estimate of drug-likeness (QED) is 0.650. The van der Waals surface area contributed by atoms with Gasteiger partial charge in [0, 0.05) is 19.6 Å². The minimum atomic E-state index is -3.92. The lowest BCUT2D eigenvalue weighted by Crippen LogP contribution is -2.41. The molecule has 25 heavy (non-hydrogen) atoms. The van der Waals surface area contributed by atoms with Gasteiger partial charge in [0.05, 0.1) is 30.8 Å². The van der Waals surface area contributed by atoms with Gasteiger partial charge in [0.25, 0.3) is 10.0 Å². The molecule has 7 nitrogen and oxygen atoms in total. The molecule has 2 atom stereocenters. The third kappa shape index (κ3) is 4.58. The number of hydrogen-bond donors (Lipinski definition) is 1. The van der Waals surface area contributed by atoms with E-state index in [2.05, 4.69) is 0 Å². The molecular weight excluding hydrogens is 346 g/mol. The minimum Gasteiger partial charge on any atom is -0.394 e. The van der Waals surface area contributed by atoms with Crippen LogP contribution in [0.25, 0.3) is 0 Å². The molecule has 1 heterocycles. The largest absolute Gasteiger partial charge is 0.394 e. The van der Waals surface area contributed by atoms with Gasteiger partial charge in [-0.3, -0.25) is 4.79 Å². The van der Waals surface area contributed by atoms with Crippen LogP contribution in [0.2, 0.25) is 0 Å². The number of amides is 1. The Bertz CT molecular complexity index is 673. The summed E-state index contributed by atoms with van der Waals surface area (Å²) in [6, 6.07) is 5.92. The Balaban J connectivity index is 2.20. The summed E-state index contributed by atoms with van der Waals surface area (Å²) in [6.07, 6.45) is 0.819. The summed E-state index contributed by atoms with van der Waals surface area (Å²) in [5.74, 6) is -0.853. The monoisotopic (exact) mass is 371 g/mol. The van der Waals surface area contributed by atoms with Crippen LogP contribution >= 0.6 is 0 Å². The van der Waals surface area contributed by atoms with Crippen LogP contribution in [0, 0.1) is 12.8 Å². The fourth-order valence-corrected chi connectivity index (χ4v) is 4.62. The van der Waals surface area contributed by atoms with E-state index in [-0.39, 0.29) is 24.7 Å². The molecule has 0 aromatic heterocycles. The number of hydrogen-bond acceptors (Lipinski definition) is 6. The van der Waals surface area contributed by atoms with Crippen LogP contribution in [0.4, 0.5) is 0 Å². The Morgan fingerprint density at radius 2 is 1.92 bits per heavy atom. The average Bonchev–Trinajstić information content (AvgIpc) is 2.89. The summed E-state index contributed by atoms with van der Waals surface area (Å²) in [7, 11) is -2.44. The molecule has 0 saturated carbocycles. The standard InChI is InChI=1S/C17H25NO6S/c1-13-3-5-16(6-4-13)25(21,22)18-15(12-23-2)11-14(17(18)20)7-9-24-10-8-19/h3-6,14-15,19H,7-12H2,1-2H3. The Kier molecular flexibility index (Phi) is 6.95. The molecule has 1 aliphatic heterocycles. The predicted molar refractivity (Wildman–Crippen MR) is 91.5 cm³/mol. The second kappa shape index (κ2) is 8.75. The molecule has 1 aliphatic rings. The minimum absolute atomic E-state index is 0.0845. The SMILES string of the molecule is COCC1CC(CCOCCO)C(=O)N1S(=O)(=O)c1ccc(C)cc1. The molecule has 140 valence electrons. The number of aryl methyl sites for hydroxylation is 1. The van der Waals surface area contributed by atoms with Crippen LogP contribution < -0.4 is 0 Å². The van der Waals surface area contributed by atoms with Gasteiger partial charge < -0.3 is 14.6 Å². The zero-order chi connectivity index (χ0) is 18.4. The van der Waals surface area contributed by atoms with Crippen molar-refractivity contribution in [2.24, 2.45) is 5.92 Å². The summed E-state index contributed by atoms with van der Waals surface area (Å²) < 4.78 is 37.2. The molecule has 8 heteroatoms. The van der Waals surface area contributed by atoms with Gasteiger partial charge in [0.1, 0.15) is 0 Å². The fourth-order valence-electron chi connectivity index (χ4n) is 2.99. The van der Waals surface area contributed by atoms with E-state index in [1.165, 1.54) is 19.2 Å². The number of carbonyl (C=O) groups is 1. The summed E-state index contributed by atoms with van der Waals surface area (Å²) in [5, 5.41) is 8.72. The van der Waals surface area contributed by atoms with Gasteiger partial charge in [0.15, 0.2) is 0 Å². The maximum absolute atomic E-state index is 12.9. The van der Waals surface area contributed by atoms with Gasteiger partial charge in [-0.2, -0.15) is 0 Å². The highest BCUT2D eigenvalue weighted by Crippen LogP contribution is 2.33. The van der Waals surface area contributed by atoms with Crippen LogP contribution in [0.5, 0.6) is 0 Å². The van der Waals surface area contributed by atoms with Crippen LogP contribution in [-0.4, -0.2) is 63.3 Å². The Hall–Kier alpha value is -1.48. The van der Waals surface area contributed by atoms with E-state index >= 15 is 0 Å². The maximum Gasteiger partial charge on any atom is 0.266 e. The zero-order valence-electron chi connectivity index (χ0n) is 14.6. The van der Waals surface area contributed by atoms with Crippen LogP contribution in [-0.2, 0) is 24.3 Å². The van der Waals surface area contributed by atoms with E-state index in [1.807, 2.05) is 6.92 Å². The number of aliphatic hydroxyl groups excluding tert-OH is 1. The lowest BCUT2D eigenvalue weighted by molar-refractivity contribution is -0.128. The lowest BCUT2D eigenvalue weighted by Gasteiger charge is -2.23. The highest BCUT2D eigenvalue weighted by atomic mass is 32.2. The first-order valence-corrected chi connectivity index (χ1v) is 9.68. The number of benzene rings is 1. The summed E-state index contributed by atoms with van der Waals surface area (Å²) in [4.78, 5) is 12.8. The van der Waals surface area contributed by atoms with Crippen molar-refractivity contribution < 1.29 is 27.8 Å². The molecule has 0 aliphatic carbocycles. The third-order valence-electron chi connectivity index (χ3n) is 4.24. The lowest BCUT2D eigenvalue weighted by atomic mass is 10.0. The van der Waals surface area contributed by atoms with Crippen molar-refractivity contribution in [2.75, 3.05) is 33.5 Å². The van der Waals surface area contributed by atoms with E-state index in [1.54, 1.807) is 12.1 Å². The number of rotatable bonds is 9. The molecule has 1 fully saturated rings. The first kappa shape index (κ1) is 19.8. The number of nitrogens with zero attached hydrogens (tertiary/aromatic N) is 1. The maximum atomic E-state index is 12.9. The van der Waals surface area contributed by atoms with Crippen molar-refractivity contribution in [2.45, 2.75) is 30.7 Å². The molecule has 1 aromatic carbocycles. The number of sulfonamides is 1. The van der Waals surface area contributed by atoms with Crippen molar-refractivity contribution in [3.63, 3.8) is 0 Å². The molecule has 1 amide bonds. The van der Waals surface area contributed by atoms with Gasteiger partial charge in [-0.25, -0.2) is 12.7 Å². The molecule has 0 radical (unpaired) electrons. The van der Waals surface area contributed by atoms with Gasteiger partial charge >= 0.3 is 0 Å². The zero-order valence-corrected chi connectivity index (χ0v) is 15.4. The number of aliphatic hydroxyl groups is 1. The van der Waals surface area contributed by atoms with E-state index in [0.717, 1.165) is 9.87 Å². The molecule has 0 spiro atoms. The Labute approximate surface area is 148 Å². The third-order valence-corrected chi connectivity index (χ3v) is 6.10. The molecule has 2 unspecified atom stereocenters. The molecule has 1 aromatic rings. The van der Waals surface area contributed by atoms with Crippen LogP contribution in [0.15, 0.2) is 29.2 Å². The highest BCUT2D eigenvalue weighted by Gasteiger charge is 2.46. The molecular formula is C17H25NO6S. The smallest absolute Gasteiger partial charge is 0.266 e. The Morgan fingerprint density at radius 3 is 2.52 bits per heavy atom. The summed E-state index contributed by atoms with van der Waals surface area (Å²) >= 11 is 0. The summed E-state index contributed by atoms with van der Waals surface area (Å²) in [6.45, 7) is 2.44. The van der Waals surface area contributed by atoms with Crippen molar-refractivity contribution in [1.29, 1.82) is 0 Å².